The van der Waals surface area contributed by atoms with Crippen LogP contribution in [0.1, 0.15) is 71.5 Å². The van der Waals surface area contributed by atoms with Crippen molar-refractivity contribution in [3.05, 3.63) is 46.3 Å². The van der Waals surface area contributed by atoms with Crippen LogP contribution in [0.25, 0.3) is 0 Å². The Morgan fingerprint density at radius 3 is 2.40 bits per heavy atom. The molecule has 0 radical (unpaired) electrons. The van der Waals surface area contributed by atoms with Crippen LogP contribution in [0.3, 0.4) is 0 Å². The van der Waals surface area contributed by atoms with E-state index in [2.05, 4.69) is 24.3 Å². The molecule has 0 unspecified atom stereocenters. The average molecular weight is 409 g/mol. The summed E-state index contributed by atoms with van der Waals surface area (Å²) in [5.41, 5.74) is 3.81. The van der Waals surface area contributed by atoms with Crippen LogP contribution in [0.15, 0.2) is 22.7 Å². The highest BCUT2D eigenvalue weighted by Gasteiger charge is 2.50. The molecule has 1 aromatic carbocycles. The van der Waals surface area contributed by atoms with Gasteiger partial charge in [0.25, 0.3) is 5.91 Å². The minimum absolute atomic E-state index is 0.138. The number of carbonyl (C=O) groups is 1. The topological polar surface area (TPSA) is 64.4 Å². The Kier molecular flexibility index (Phi) is 4.87. The molecule has 6 rings (SSSR count). The second-order valence-corrected chi connectivity index (χ2v) is 10.2. The second-order valence-electron chi connectivity index (χ2n) is 10.2. The maximum Gasteiger partial charge on any atom is 0.273 e. The van der Waals surface area contributed by atoms with Crippen molar-refractivity contribution in [2.45, 2.75) is 65.9 Å². The molecule has 0 saturated heterocycles. The van der Waals surface area contributed by atoms with E-state index < -0.39 is 0 Å². The number of aryl methyl sites for hydroxylation is 3. The van der Waals surface area contributed by atoms with Gasteiger partial charge in [-0.25, -0.2) is 0 Å². The fourth-order valence-electron chi connectivity index (χ4n) is 6.56. The number of hydrogen-bond acceptors (Lipinski definition) is 4. The van der Waals surface area contributed by atoms with E-state index in [9.17, 15) is 4.79 Å². The van der Waals surface area contributed by atoms with Crippen LogP contribution in [0.4, 0.5) is 0 Å². The molecule has 4 aliphatic rings. The highest BCUT2D eigenvalue weighted by Crippen LogP contribution is 2.59. The molecule has 1 heterocycles. The Bertz CT molecular complexity index is 926. The third kappa shape index (κ3) is 3.63. The van der Waals surface area contributed by atoms with Gasteiger partial charge in [-0.15, -0.1) is 0 Å². The molecule has 4 bridgehead atoms. The Balaban J connectivity index is 1.25. The first-order valence-corrected chi connectivity index (χ1v) is 11.3. The van der Waals surface area contributed by atoms with Crippen molar-refractivity contribution in [2.75, 3.05) is 6.54 Å². The summed E-state index contributed by atoms with van der Waals surface area (Å²) in [6, 6.07) is 6.02. The van der Waals surface area contributed by atoms with Gasteiger partial charge in [-0.2, -0.15) is 0 Å². The van der Waals surface area contributed by atoms with E-state index in [4.69, 9.17) is 9.26 Å². The summed E-state index contributed by atoms with van der Waals surface area (Å²) < 4.78 is 11.3. The van der Waals surface area contributed by atoms with Gasteiger partial charge in [0.15, 0.2) is 5.69 Å². The maximum absolute atomic E-state index is 13.0. The van der Waals surface area contributed by atoms with Crippen molar-refractivity contribution in [3.63, 3.8) is 0 Å². The quantitative estimate of drug-likeness (QED) is 0.720. The minimum Gasteiger partial charge on any atom is -0.489 e. The van der Waals surface area contributed by atoms with Gasteiger partial charge >= 0.3 is 0 Å². The van der Waals surface area contributed by atoms with Crippen LogP contribution in [-0.4, -0.2) is 17.6 Å². The third-order valence-corrected chi connectivity index (χ3v) is 7.85. The van der Waals surface area contributed by atoms with Gasteiger partial charge in [0, 0.05) is 6.54 Å². The summed E-state index contributed by atoms with van der Waals surface area (Å²) in [6.45, 7) is 7.02. The number of amides is 1. The van der Waals surface area contributed by atoms with Crippen molar-refractivity contribution >= 4 is 5.91 Å². The van der Waals surface area contributed by atoms with Crippen LogP contribution in [0.2, 0.25) is 0 Å². The largest absolute Gasteiger partial charge is 0.489 e. The van der Waals surface area contributed by atoms with Gasteiger partial charge in [0.2, 0.25) is 0 Å². The van der Waals surface area contributed by atoms with Crippen molar-refractivity contribution < 1.29 is 14.1 Å². The van der Waals surface area contributed by atoms with Crippen LogP contribution in [0.5, 0.6) is 5.75 Å². The van der Waals surface area contributed by atoms with Gasteiger partial charge < -0.3 is 14.6 Å². The Hall–Kier alpha value is -2.30. The number of rotatable bonds is 6. The molecule has 0 spiro atoms. The van der Waals surface area contributed by atoms with Crippen molar-refractivity contribution in [1.82, 2.24) is 10.5 Å². The molecule has 160 valence electrons. The Morgan fingerprint density at radius 1 is 1.10 bits per heavy atom. The Morgan fingerprint density at radius 2 is 1.77 bits per heavy atom. The van der Waals surface area contributed by atoms with E-state index in [1.54, 1.807) is 0 Å². The molecule has 2 aromatic rings. The number of nitrogens with zero attached hydrogens (tertiary/aromatic N) is 1. The monoisotopic (exact) mass is 408 g/mol. The molecule has 0 atom stereocenters. The molecule has 5 heteroatoms. The van der Waals surface area contributed by atoms with Gasteiger partial charge in [0.1, 0.15) is 18.1 Å². The summed E-state index contributed by atoms with van der Waals surface area (Å²) in [5, 5.41) is 7.27. The predicted octanol–water partition coefficient (Wildman–Crippen LogP) is 5.13. The van der Waals surface area contributed by atoms with E-state index in [1.807, 2.05) is 25.1 Å². The van der Waals surface area contributed by atoms with Crippen LogP contribution in [-0.2, 0) is 6.61 Å². The summed E-state index contributed by atoms with van der Waals surface area (Å²) in [5.74, 6) is 3.93. The number of nitrogens with one attached hydrogen (secondary N) is 1. The Labute approximate surface area is 178 Å². The van der Waals surface area contributed by atoms with Gasteiger partial charge in [-0.05, 0) is 106 Å². The molecular formula is C25H32N2O3. The fourth-order valence-corrected chi connectivity index (χ4v) is 6.56. The molecule has 4 saturated carbocycles. The summed E-state index contributed by atoms with van der Waals surface area (Å²) in [7, 11) is 0. The zero-order valence-corrected chi connectivity index (χ0v) is 18.3. The normalized spacial score (nSPS) is 29.2. The van der Waals surface area contributed by atoms with Crippen LogP contribution >= 0.6 is 0 Å². The second kappa shape index (κ2) is 7.44. The highest BCUT2D eigenvalue weighted by molar-refractivity contribution is 5.93. The number of benzene rings is 1. The average Bonchev–Trinajstić information content (AvgIpc) is 3.07. The first-order valence-electron chi connectivity index (χ1n) is 11.3. The molecular weight excluding hydrogens is 376 g/mol. The van der Waals surface area contributed by atoms with E-state index >= 15 is 0 Å². The summed E-state index contributed by atoms with van der Waals surface area (Å²) >= 11 is 0. The molecule has 30 heavy (non-hydrogen) atoms. The molecule has 1 amide bonds. The zero-order valence-electron chi connectivity index (χ0n) is 18.3. The van der Waals surface area contributed by atoms with Crippen molar-refractivity contribution in [3.8, 4) is 5.75 Å². The lowest BCUT2D eigenvalue weighted by Crippen LogP contribution is -2.51. The first kappa shape index (κ1) is 19.7. The summed E-state index contributed by atoms with van der Waals surface area (Å²) in [4.78, 5) is 13.0. The van der Waals surface area contributed by atoms with Crippen molar-refractivity contribution in [1.29, 1.82) is 0 Å². The van der Waals surface area contributed by atoms with E-state index in [0.717, 1.165) is 35.6 Å². The third-order valence-electron chi connectivity index (χ3n) is 7.85. The molecule has 1 aromatic heterocycles. The van der Waals surface area contributed by atoms with Crippen LogP contribution < -0.4 is 10.1 Å². The van der Waals surface area contributed by atoms with Gasteiger partial charge in [-0.1, -0.05) is 11.2 Å². The first-order chi connectivity index (χ1) is 14.4. The number of ether oxygens (including phenoxy) is 1. The SMILES string of the molecule is Cc1ccc(OCc2c(C(=O)NCC34CC5CC(CC(C5)C3)C4)noc2C)cc1C. The summed E-state index contributed by atoms with van der Waals surface area (Å²) in [6.07, 6.45) is 8.07. The molecule has 4 fully saturated rings. The zero-order chi connectivity index (χ0) is 20.9. The fraction of sp³-hybridized carbons (Fsp3) is 0.600. The van der Waals surface area contributed by atoms with E-state index in [1.165, 1.54) is 49.7 Å². The minimum atomic E-state index is -0.138. The molecule has 1 N–H and O–H groups in total. The molecule has 4 aliphatic carbocycles. The number of carbonyl (C=O) groups excluding carboxylic acids is 1. The smallest absolute Gasteiger partial charge is 0.273 e. The van der Waals surface area contributed by atoms with E-state index in [-0.39, 0.29) is 12.5 Å². The van der Waals surface area contributed by atoms with Crippen molar-refractivity contribution in [2.24, 2.45) is 23.2 Å². The standard InChI is InChI=1S/C25H32N2O3/c1-15-4-5-21(6-16(15)2)29-13-22-17(3)30-27-23(22)24(28)26-14-25-10-18-7-19(11-25)9-20(8-18)12-25/h4-6,18-20H,7-14H2,1-3H3,(H,26,28). The van der Waals surface area contributed by atoms with Gasteiger partial charge in [0.05, 0.1) is 5.56 Å². The lowest BCUT2D eigenvalue weighted by atomic mass is 9.49. The number of aromatic nitrogens is 1. The highest BCUT2D eigenvalue weighted by atomic mass is 16.5. The molecule has 0 aliphatic heterocycles. The molecule has 5 nitrogen and oxygen atoms in total. The predicted molar refractivity (Wildman–Crippen MR) is 114 cm³/mol. The van der Waals surface area contributed by atoms with E-state index in [0.29, 0.717) is 16.9 Å². The maximum atomic E-state index is 13.0. The lowest BCUT2D eigenvalue weighted by molar-refractivity contribution is -0.0503. The lowest BCUT2D eigenvalue weighted by Gasteiger charge is -2.56. The van der Waals surface area contributed by atoms with Crippen LogP contribution in [0, 0.1) is 43.9 Å². The van der Waals surface area contributed by atoms with Gasteiger partial charge in [-0.3, -0.25) is 4.79 Å². The number of hydrogen-bond donors (Lipinski definition) is 1.